The molecule has 0 heterocycles. The standard InChI is InChI=1S/C11H9F2O4P/c12-11(13,18(15,16)17)8-5-7-3-1-2-4-9(7)10(14)6-8/h1-6,14H,(H2,15,16,17)/p-2. The van der Waals surface area contributed by atoms with Crippen molar-refractivity contribution in [1.82, 2.24) is 0 Å². The highest BCUT2D eigenvalue weighted by Gasteiger charge is 2.36. The minimum Gasteiger partial charge on any atom is -0.806 e. The zero-order valence-corrected chi connectivity index (χ0v) is 9.73. The first-order chi connectivity index (χ1) is 8.23. The molecule has 0 aromatic heterocycles. The number of phenolic OH excluding ortho intramolecular Hbond substituents is 1. The van der Waals surface area contributed by atoms with Gasteiger partial charge in [-0.25, -0.2) is 0 Å². The van der Waals surface area contributed by atoms with Gasteiger partial charge in [0, 0.05) is 18.5 Å². The average molecular weight is 272 g/mol. The average Bonchev–Trinajstić information content (AvgIpc) is 2.27. The Balaban J connectivity index is 2.71. The minimum atomic E-state index is -6.13. The van der Waals surface area contributed by atoms with Gasteiger partial charge in [0.05, 0.1) is 0 Å². The van der Waals surface area contributed by atoms with E-state index in [-0.39, 0.29) is 5.39 Å². The summed E-state index contributed by atoms with van der Waals surface area (Å²) in [6, 6.07) is 7.50. The lowest BCUT2D eigenvalue weighted by molar-refractivity contribution is -0.335. The maximum atomic E-state index is 13.4. The van der Waals surface area contributed by atoms with E-state index in [1.807, 2.05) is 0 Å². The summed E-state index contributed by atoms with van der Waals surface area (Å²) in [5.41, 5.74) is -5.58. The molecule has 0 atom stereocenters. The number of phenols is 1. The molecule has 0 amide bonds. The van der Waals surface area contributed by atoms with Crippen LogP contribution >= 0.6 is 7.60 Å². The highest BCUT2D eigenvalue weighted by molar-refractivity contribution is 7.49. The molecular weight excluding hydrogens is 265 g/mol. The Kier molecular flexibility index (Phi) is 2.89. The van der Waals surface area contributed by atoms with Gasteiger partial charge in [-0.2, -0.15) is 8.78 Å². The molecule has 0 saturated carbocycles. The number of alkyl halides is 2. The van der Waals surface area contributed by atoms with Crippen LogP contribution in [0.15, 0.2) is 36.4 Å². The van der Waals surface area contributed by atoms with Crippen LogP contribution in [-0.2, 0) is 10.2 Å². The van der Waals surface area contributed by atoms with Gasteiger partial charge >= 0.3 is 0 Å². The molecule has 96 valence electrons. The maximum absolute atomic E-state index is 13.4. The topological polar surface area (TPSA) is 83.4 Å². The lowest BCUT2D eigenvalue weighted by atomic mass is 10.1. The molecule has 18 heavy (non-hydrogen) atoms. The molecule has 0 fully saturated rings. The van der Waals surface area contributed by atoms with E-state index in [1.54, 1.807) is 6.07 Å². The Bertz CT molecular complexity index is 651. The van der Waals surface area contributed by atoms with Crippen molar-refractivity contribution >= 4 is 18.4 Å². The third-order valence-corrected chi connectivity index (χ3v) is 3.48. The quantitative estimate of drug-likeness (QED) is 0.840. The second-order valence-corrected chi connectivity index (χ2v) is 5.31. The van der Waals surface area contributed by atoms with Crippen molar-refractivity contribution in [2.24, 2.45) is 0 Å². The summed E-state index contributed by atoms with van der Waals surface area (Å²) in [6.45, 7) is 0. The van der Waals surface area contributed by atoms with Crippen molar-refractivity contribution in [3.63, 3.8) is 0 Å². The molecule has 0 spiro atoms. The second kappa shape index (κ2) is 4.02. The summed E-state index contributed by atoms with van der Waals surface area (Å²) < 4.78 is 37.3. The molecule has 2 aromatic carbocycles. The molecular formula is C11H7F2O4P-2. The zero-order chi connectivity index (χ0) is 13.6. The highest BCUT2D eigenvalue weighted by Crippen LogP contribution is 2.54. The van der Waals surface area contributed by atoms with Crippen LogP contribution in [-0.4, -0.2) is 5.11 Å². The summed E-state index contributed by atoms with van der Waals surface area (Å²) in [7, 11) is -6.13. The van der Waals surface area contributed by atoms with Crippen molar-refractivity contribution < 1.29 is 28.2 Å². The van der Waals surface area contributed by atoms with Crippen LogP contribution < -0.4 is 9.79 Å². The van der Waals surface area contributed by atoms with Crippen molar-refractivity contribution in [3.05, 3.63) is 42.0 Å². The maximum Gasteiger partial charge on any atom is 0.297 e. The van der Waals surface area contributed by atoms with Gasteiger partial charge in [-0.15, -0.1) is 0 Å². The molecule has 0 saturated heterocycles. The third-order valence-electron chi connectivity index (χ3n) is 2.53. The van der Waals surface area contributed by atoms with Crippen LogP contribution in [0.2, 0.25) is 0 Å². The first-order valence-electron chi connectivity index (χ1n) is 4.85. The minimum absolute atomic E-state index is 0.223. The van der Waals surface area contributed by atoms with Crippen LogP contribution in [0.4, 0.5) is 8.78 Å². The number of hydrogen-bond acceptors (Lipinski definition) is 4. The second-order valence-electron chi connectivity index (χ2n) is 3.76. The number of aromatic hydroxyl groups is 1. The normalized spacial score (nSPS) is 12.9. The Morgan fingerprint density at radius 2 is 1.78 bits per heavy atom. The first kappa shape index (κ1) is 13.0. The van der Waals surface area contributed by atoms with Gasteiger partial charge in [0.1, 0.15) is 5.75 Å². The van der Waals surface area contributed by atoms with E-state index in [4.69, 9.17) is 0 Å². The predicted octanol–water partition coefficient (Wildman–Crippen LogP) is 1.51. The summed E-state index contributed by atoms with van der Waals surface area (Å²) >= 11 is 0. The van der Waals surface area contributed by atoms with E-state index in [1.165, 1.54) is 18.2 Å². The molecule has 2 rings (SSSR count). The molecule has 0 unspecified atom stereocenters. The summed E-state index contributed by atoms with van der Waals surface area (Å²) in [5.74, 6) is -0.503. The molecule has 0 bridgehead atoms. The van der Waals surface area contributed by atoms with E-state index < -0.39 is 24.6 Å². The van der Waals surface area contributed by atoms with Crippen LogP contribution in [0, 0.1) is 0 Å². The number of rotatable bonds is 2. The van der Waals surface area contributed by atoms with Crippen LogP contribution in [0.1, 0.15) is 5.56 Å². The van der Waals surface area contributed by atoms with Gasteiger partial charge in [0.2, 0.25) is 0 Å². The number of hydrogen-bond donors (Lipinski definition) is 1. The van der Waals surface area contributed by atoms with E-state index in [2.05, 4.69) is 0 Å². The van der Waals surface area contributed by atoms with E-state index >= 15 is 0 Å². The smallest absolute Gasteiger partial charge is 0.297 e. The molecule has 2 aromatic rings. The van der Waals surface area contributed by atoms with Crippen molar-refractivity contribution in [3.8, 4) is 5.75 Å². The Hall–Kier alpha value is -1.49. The van der Waals surface area contributed by atoms with Gasteiger partial charge < -0.3 is 19.5 Å². The lowest BCUT2D eigenvalue weighted by Crippen LogP contribution is -2.29. The monoisotopic (exact) mass is 272 g/mol. The molecule has 4 nitrogen and oxygen atoms in total. The zero-order valence-electron chi connectivity index (χ0n) is 8.84. The van der Waals surface area contributed by atoms with E-state index in [0.29, 0.717) is 11.5 Å². The van der Waals surface area contributed by atoms with Crippen molar-refractivity contribution in [2.45, 2.75) is 5.66 Å². The van der Waals surface area contributed by atoms with Crippen LogP contribution in [0.25, 0.3) is 10.8 Å². The van der Waals surface area contributed by atoms with Gasteiger partial charge in [-0.3, -0.25) is 0 Å². The molecule has 7 heteroatoms. The van der Waals surface area contributed by atoms with Gasteiger partial charge in [0.15, 0.2) is 0 Å². The molecule has 0 aliphatic carbocycles. The summed E-state index contributed by atoms with van der Waals surface area (Å²) in [6.07, 6.45) is 0. The fraction of sp³-hybridized carbons (Fsp3) is 0.0909. The summed E-state index contributed by atoms with van der Waals surface area (Å²) in [4.78, 5) is 21.1. The molecule has 0 aliphatic heterocycles. The summed E-state index contributed by atoms with van der Waals surface area (Å²) in [5, 5.41) is 10.1. The molecule has 0 radical (unpaired) electrons. The first-order valence-corrected chi connectivity index (χ1v) is 6.40. The molecule has 1 N–H and O–H groups in total. The number of fused-ring (bicyclic) bond motifs is 1. The van der Waals surface area contributed by atoms with Crippen molar-refractivity contribution in [1.29, 1.82) is 0 Å². The lowest BCUT2D eigenvalue weighted by Gasteiger charge is -2.37. The fourth-order valence-electron chi connectivity index (χ4n) is 1.62. The predicted molar refractivity (Wildman–Crippen MR) is 57.1 cm³/mol. The SMILES string of the molecule is O=P([O-])([O-])C(F)(F)c1cc(O)c2ccccc2c1. The van der Waals surface area contributed by atoms with Crippen LogP contribution in [0.3, 0.4) is 0 Å². The Morgan fingerprint density at radius 1 is 1.17 bits per heavy atom. The van der Waals surface area contributed by atoms with Crippen molar-refractivity contribution in [2.75, 3.05) is 0 Å². The van der Waals surface area contributed by atoms with E-state index in [9.17, 15) is 28.2 Å². The third kappa shape index (κ3) is 1.99. The van der Waals surface area contributed by atoms with Gasteiger partial charge in [-0.05, 0) is 17.5 Å². The van der Waals surface area contributed by atoms with Crippen LogP contribution in [0.5, 0.6) is 5.75 Å². The highest BCUT2D eigenvalue weighted by atomic mass is 31.2. The van der Waals surface area contributed by atoms with E-state index in [0.717, 1.165) is 6.07 Å². The largest absolute Gasteiger partial charge is 0.806 e. The number of benzene rings is 2. The van der Waals surface area contributed by atoms with Gasteiger partial charge in [0.25, 0.3) is 5.66 Å². The fourth-order valence-corrected chi connectivity index (χ4v) is 2.07. The Morgan fingerprint density at radius 3 is 2.39 bits per heavy atom. The molecule has 0 aliphatic rings. The van der Waals surface area contributed by atoms with Gasteiger partial charge in [-0.1, -0.05) is 24.3 Å². The Labute approximate surface area is 101 Å². The number of halogens is 2.